The summed E-state index contributed by atoms with van der Waals surface area (Å²) in [6, 6.07) is 13.3. The molecule has 0 bridgehead atoms. The second-order valence-electron chi connectivity index (χ2n) is 6.32. The molecule has 138 valence electrons. The molecule has 1 atom stereocenters. The number of carbonyl (C=O) groups is 1. The van der Waals surface area contributed by atoms with Crippen molar-refractivity contribution in [3.63, 3.8) is 0 Å². The van der Waals surface area contributed by atoms with Gasteiger partial charge >= 0.3 is 0 Å². The number of oxazole rings is 1. The van der Waals surface area contributed by atoms with Crippen LogP contribution in [0.4, 0.5) is 5.69 Å². The first-order valence-electron chi connectivity index (χ1n) is 8.74. The second-order valence-corrected chi connectivity index (χ2v) is 6.32. The molecule has 1 amide bonds. The van der Waals surface area contributed by atoms with Crippen molar-refractivity contribution in [1.29, 1.82) is 0 Å². The molecule has 2 aromatic carbocycles. The highest BCUT2D eigenvalue weighted by atomic mass is 16.5. The Kier molecular flexibility index (Phi) is 4.54. The number of aromatic nitrogens is 1. The number of ether oxygens (including phenoxy) is 2. The smallest absolute Gasteiger partial charge is 0.234 e. The van der Waals surface area contributed by atoms with Gasteiger partial charge < -0.3 is 18.8 Å². The van der Waals surface area contributed by atoms with Crippen LogP contribution < -0.4 is 14.4 Å². The molecule has 1 saturated heterocycles. The molecule has 6 heteroatoms. The minimum atomic E-state index is -0.207. The van der Waals surface area contributed by atoms with Gasteiger partial charge in [0, 0.05) is 23.9 Å². The Labute approximate surface area is 157 Å². The van der Waals surface area contributed by atoms with Gasteiger partial charge in [0.25, 0.3) is 0 Å². The Morgan fingerprint density at radius 3 is 2.67 bits per heavy atom. The van der Waals surface area contributed by atoms with Gasteiger partial charge in [-0.05, 0) is 24.6 Å². The van der Waals surface area contributed by atoms with Gasteiger partial charge in [-0.1, -0.05) is 18.2 Å². The number of methoxy groups -OCH3 is 2. The predicted molar refractivity (Wildman–Crippen MR) is 101 cm³/mol. The largest absolute Gasteiger partial charge is 0.496 e. The van der Waals surface area contributed by atoms with Crippen molar-refractivity contribution in [2.75, 3.05) is 25.7 Å². The SMILES string of the molecule is COc1cc(N2CCC(c3ccccc3OC)C2=O)ccc1-c1cnco1. The molecule has 2 heterocycles. The lowest BCUT2D eigenvalue weighted by Gasteiger charge is -2.19. The summed E-state index contributed by atoms with van der Waals surface area (Å²) in [5, 5.41) is 0. The standard InChI is InChI=1S/C21H20N2O4/c1-25-18-6-4-3-5-15(18)16-9-10-23(21(16)24)14-7-8-17(19(11-14)26-2)20-12-22-13-27-20/h3-8,11-13,16H,9-10H2,1-2H3. The number of amides is 1. The van der Waals surface area contributed by atoms with E-state index in [-0.39, 0.29) is 11.8 Å². The summed E-state index contributed by atoms with van der Waals surface area (Å²) in [4.78, 5) is 18.8. The first-order valence-corrected chi connectivity index (χ1v) is 8.74. The maximum Gasteiger partial charge on any atom is 0.234 e. The predicted octanol–water partition coefficient (Wildman–Crippen LogP) is 3.88. The minimum Gasteiger partial charge on any atom is -0.496 e. The summed E-state index contributed by atoms with van der Waals surface area (Å²) in [6.45, 7) is 0.645. The van der Waals surface area contributed by atoms with Gasteiger partial charge in [0.15, 0.2) is 12.2 Å². The summed E-state index contributed by atoms with van der Waals surface area (Å²) >= 11 is 0. The highest BCUT2D eigenvalue weighted by Crippen LogP contribution is 2.39. The topological polar surface area (TPSA) is 64.8 Å². The molecule has 6 nitrogen and oxygen atoms in total. The van der Waals surface area contributed by atoms with Crippen LogP contribution in [0, 0.1) is 0 Å². The molecule has 4 rings (SSSR count). The maximum atomic E-state index is 13.1. The van der Waals surface area contributed by atoms with Crippen molar-refractivity contribution in [2.24, 2.45) is 0 Å². The lowest BCUT2D eigenvalue weighted by molar-refractivity contribution is -0.118. The minimum absolute atomic E-state index is 0.0639. The zero-order valence-corrected chi connectivity index (χ0v) is 15.2. The van der Waals surface area contributed by atoms with Crippen molar-refractivity contribution < 1.29 is 18.7 Å². The van der Waals surface area contributed by atoms with Crippen LogP contribution in [0.2, 0.25) is 0 Å². The third-order valence-electron chi connectivity index (χ3n) is 4.91. The van der Waals surface area contributed by atoms with Crippen LogP contribution in [0.25, 0.3) is 11.3 Å². The van der Waals surface area contributed by atoms with Crippen LogP contribution in [0.5, 0.6) is 11.5 Å². The van der Waals surface area contributed by atoms with Crippen LogP contribution in [-0.4, -0.2) is 31.7 Å². The van der Waals surface area contributed by atoms with E-state index in [9.17, 15) is 4.79 Å². The normalized spacial score (nSPS) is 16.6. The van der Waals surface area contributed by atoms with E-state index in [0.29, 0.717) is 18.1 Å². The first kappa shape index (κ1) is 17.1. The van der Waals surface area contributed by atoms with E-state index in [1.807, 2.05) is 42.5 Å². The third kappa shape index (κ3) is 3.03. The number of carbonyl (C=O) groups excluding carboxylic acids is 1. The molecule has 1 unspecified atom stereocenters. The number of hydrogen-bond donors (Lipinski definition) is 0. The van der Waals surface area contributed by atoms with Crippen molar-refractivity contribution in [3.8, 4) is 22.8 Å². The molecule has 0 aliphatic carbocycles. The Bertz CT molecular complexity index is 953. The number of para-hydroxylation sites is 1. The van der Waals surface area contributed by atoms with Gasteiger partial charge in [-0.2, -0.15) is 0 Å². The van der Waals surface area contributed by atoms with E-state index in [0.717, 1.165) is 29.0 Å². The Balaban J connectivity index is 1.64. The van der Waals surface area contributed by atoms with E-state index < -0.39 is 0 Å². The van der Waals surface area contributed by atoms with Gasteiger partial charge in [0.1, 0.15) is 11.5 Å². The Morgan fingerprint density at radius 2 is 1.93 bits per heavy atom. The van der Waals surface area contributed by atoms with Crippen molar-refractivity contribution in [1.82, 2.24) is 4.98 Å². The number of anilines is 1. The van der Waals surface area contributed by atoms with E-state index >= 15 is 0 Å². The summed E-state index contributed by atoms with van der Waals surface area (Å²) in [6.07, 6.45) is 3.76. The van der Waals surface area contributed by atoms with Crippen molar-refractivity contribution in [2.45, 2.75) is 12.3 Å². The van der Waals surface area contributed by atoms with Crippen LogP contribution in [-0.2, 0) is 4.79 Å². The van der Waals surface area contributed by atoms with Crippen LogP contribution >= 0.6 is 0 Å². The fourth-order valence-corrected chi connectivity index (χ4v) is 3.58. The molecule has 0 N–H and O–H groups in total. The van der Waals surface area contributed by atoms with E-state index in [1.165, 1.54) is 6.39 Å². The monoisotopic (exact) mass is 364 g/mol. The molecule has 3 aromatic rings. The summed E-state index contributed by atoms with van der Waals surface area (Å²) in [5.74, 6) is 1.86. The fourth-order valence-electron chi connectivity index (χ4n) is 3.58. The van der Waals surface area contributed by atoms with Gasteiger partial charge in [-0.15, -0.1) is 0 Å². The molecule has 0 radical (unpaired) electrons. The number of hydrogen-bond acceptors (Lipinski definition) is 5. The average Bonchev–Trinajstić information content (AvgIpc) is 3.37. The van der Waals surface area contributed by atoms with Gasteiger partial charge in [-0.3, -0.25) is 4.79 Å². The number of benzene rings is 2. The number of rotatable bonds is 5. The molecule has 1 aliphatic heterocycles. The molecule has 27 heavy (non-hydrogen) atoms. The van der Waals surface area contributed by atoms with E-state index in [2.05, 4.69) is 4.98 Å². The second kappa shape index (κ2) is 7.15. The van der Waals surface area contributed by atoms with E-state index in [1.54, 1.807) is 25.3 Å². The van der Waals surface area contributed by atoms with Gasteiger partial charge in [0.2, 0.25) is 5.91 Å². The van der Waals surface area contributed by atoms with E-state index in [4.69, 9.17) is 13.9 Å². The fraction of sp³-hybridized carbons (Fsp3) is 0.238. The summed E-state index contributed by atoms with van der Waals surface area (Å²) < 4.78 is 16.3. The lowest BCUT2D eigenvalue weighted by Crippen LogP contribution is -2.26. The first-order chi connectivity index (χ1) is 13.2. The third-order valence-corrected chi connectivity index (χ3v) is 4.91. The molecule has 0 saturated carbocycles. The quantitative estimate of drug-likeness (QED) is 0.687. The zero-order valence-electron chi connectivity index (χ0n) is 15.2. The maximum absolute atomic E-state index is 13.1. The summed E-state index contributed by atoms with van der Waals surface area (Å²) in [5.41, 5.74) is 2.53. The molecular weight excluding hydrogens is 344 g/mol. The van der Waals surface area contributed by atoms with Crippen molar-refractivity contribution >= 4 is 11.6 Å². The Hall–Kier alpha value is -3.28. The highest BCUT2D eigenvalue weighted by molar-refractivity contribution is 6.01. The lowest BCUT2D eigenvalue weighted by atomic mass is 9.97. The van der Waals surface area contributed by atoms with Gasteiger partial charge in [-0.25, -0.2) is 4.98 Å². The summed E-state index contributed by atoms with van der Waals surface area (Å²) in [7, 11) is 3.23. The zero-order chi connectivity index (χ0) is 18.8. The van der Waals surface area contributed by atoms with Gasteiger partial charge in [0.05, 0.1) is 31.9 Å². The molecule has 1 fully saturated rings. The van der Waals surface area contributed by atoms with Crippen LogP contribution in [0.3, 0.4) is 0 Å². The average molecular weight is 364 g/mol. The van der Waals surface area contributed by atoms with Crippen molar-refractivity contribution in [3.05, 3.63) is 60.6 Å². The highest BCUT2D eigenvalue weighted by Gasteiger charge is 2.35. The molecule has 1 aromatic heterocycles. The molecule has 0 spiro atoms. The van der Waals surface area contributed by atoms with Crippen LogP contribution in [0.1, 0.15) is 17.9 Å². The van der Waals surface area contributed by atoms with Crippen LogP contribution in [0.15, 0.2) is 59.5 Å². The Morgan fingerprint density at radius 1 is 1.11 bits per heavy atom. The molecule has 1 aliphatic rings. The number of nitrogens with zero attached hydrogens (tertiary/aromatic N) is 2. The molecular formula is C21H20N2O4.